The van der Waals surface area contributed by atoms with Crippen molar-refractivity contribution in [3.63, 3.8) is 0 Å². The maximum Gasteiger partial charge on any atom is 0.268 e. The van der Waals surface area contributed by atoms with Gasteiger partial charge in [-0.1, -0.05) is 50.2 Å². The first-order valence-electron chi connectivity index (χ1n) is 10.9. The Hall–Kier alpha value is -3.38. The monoisotopic (exact) mass is 462 g/mol. The fraction of sp³-hybridized carbons (Fsp3) is 0.259. The van der Waals surface area contributed by atoms with Crippen LogP contribution in [-0.4, -0.2) is 18.9 Å². The highest BCUT2D eigenvalue weighted by Gasteiger charge is 2.21. The third-order valence-corrected chi connectivity index (χ3v) is 6.06. The van der Waals surface area contributed by atoms with Crippen LogP contribution in [0.5, 0.6) is 5.75 Å². The Morgan fingerprint density at radius 1 is 1.03 bits per heavy atom. The average Bonchev–Trinajstić information content (AvgIpc) is 3.31. The normalized spacial score (nSPS) is 12.3. The van der Waals surface area contributed by atoms with Crippen molar-refractivity contribution < 1.29 is 14.3 Å². The molecule has 33 heavy (non-hydrogen) atoms. The highest BCUT2D eigenvalue weighted by Crippen LogP contribution is 2.24. The van der Waals surface area contributed by atoms with Crippen molar-refractivity contribution in [2.24, 2.45) is 5.92 Å². The van der Waals surface area contributed by atoms with Crippen LogP contribution in [0, 0.1) is 12.8 Å². The SMILES string of the molecule is COc1ccc([C@@H](CC(C)C)NC(=O)/C(=C/c2cccs2)NC(=O)c2ccccc2C)cc1. The van der Waals surface area contributed by atoms with Crippen LogP contribution in [0.15, 0.2) is 71.7 Å². The largest absolute Gasteiger partial charge is 0.497 e. The van der Waals surface area contributed by atoms with Gasteiger partial charge in [0.1, 0.15) is 11.4 Å². The zero-order valence-electron chi connectivity index (χ0n) is 19.4. The van der Waals surface area contributed by atoms with Gasteiger partial charge in [-0.3, -0.25) is 9.59 Å². The molecule has 172 valence electrons. The third-order valence-electron chi connectivity index (χ3n) is 5.24. The van der Waals surface area contributed by atoms with E-state index in [1.165, 1.54) is 11.3 Å². The van der Waals surface area contributed by atoms with E-state index in [0.717, 1.165) is 28.2 Å². The first kappa shape index (κ1) is 24.3. The maximum atomic E-state index is 13.4. The molecule has 0 saturated carbocycles. The van der Waals surface area contributed by atoms with E-state index < -0.39 is 0 Å². The second kappa shape index (κ2) is 11.5. The minimum absolute atomic E-state index is 0.203. The van der Waals surface area contributed by atoms with E-state index in [1.807, 2.05) is 66.9 Å². The van der Waals surface area contributed by atoms with Gasteiger partial charge in [0.25, 0.3) is 11.8 Å². The molecule has 1 heterocycles. The van der Waals surface area contributed by atoms with Crippen LogP contribution in [0.25, 0.3) is 6.08 Å². The van der Waals surface area contributed by atoms with E-state index in [2.05, 4.69) is 24.5 Å². The highest BCUT2D eigenvalue weighted by atomic mass is 32.1. The smallest absolute Gasteiger partial charge is 0.268 e. The number of hydrogen-bond acceptors (Lipinski definition) is 4. The molecular weight excluding hydrogens is 432 g/mol. The number of carbonyl (C=O) groups excluding carboxylic acids is 2. The molecule has 0 saturated heterocycles. The number of thiophene rings is 1. The molecule has 0 spiro atoms. The second-order valence-electron chi connectivity index (χ2n) is 8.27. The molecular formula is C27H30N2O3S. The molecule has 1 atom stereocenters. The summed E-state index contributed by atoms with van der Waals surface area (Å²) in [6, 6.07) is 18.6. The molecule has 6 heteroatoms. The number of rotatable bonds is 9. The van der Waals surface area contributed by atoms with Crippen LogP contribution in [0.3, 0.4) is 0 Å². The number of carbonyl (C=O) groups is 2. The molecule has 0 aliphatic heterocycles. The van der Waals surface area contributed by atoms with Crippen LogP contribution >= 0.6 is 11.3 Å². The van der Waals surface area contributed by atoms with E-state index in [4.69, 9.17) is 4.74 Å². The van der Waals surface area contributed by atoms with Gasteiger partial charge in [0, 0.05) is 10.4 Å². The number of methoxy groups -OCH3 is 1. The zero-order chi connectivity index (χ0) is 23.8. The predicted octanol–water partition coefficient (Wildman–Crippen LogP) is 5.74. The Morgan fingerprint density at radius 3 is 2.36 bits per heavy atom. The summed E-state index contributed by atoms with van der Waals surface area (Å²) in [5.41, 5.74) is 2.59. The van der Waals surface area contributed by atoms with E-state index in [0.29, 0.717) is 11.5 Å². The van der Waals surface area contributed by atoms with Gasteiger partial charge in [-0.15, -0.1) is 11.3 Å². The van der Waals surface area contributed by atoms with Gasteiger partial charge in [-0.2, -0.15) is 0 Å². The topological polar surface area (TPSA) is 67.4 Å². The predicted molar refractivity (Wildman–Crippen MR) is 134 cm³/mol. The molecule has 3 rings (SSSR count). The van der Waals surface area contributed by atoms with Gasteiger partial charge in [0.2, 0.25) is 0 Å². The Bertz CT molecular complexity index is 1100. The summed E-state index contributed by atoms with van der Waals surface area (Å²) < 4.78 is 5.26. The molecule has 0 bridgehead atoms. The lowest BCUT2D eigenvalue weighted by Gasteiger charge is -2.22. The standard InChI is InChI=1S/C27H30N2O3S/c1-18(2)16-24(20-11-13-21(32-4)14-12-20)28-27(31)25(17-22-9-7-15-33-22)29-26(30)23-10-6-5-8-19(23)3/h5-15,17-18,24H,16H2,1-4H3,(H,28,31)(H,29,30)/b25-17-/t24-/m1/s1. The van der Waals surface area contributed by atoms with Crippen LogP contribution < -0.4 is 15.4 Å². The molecule has 0 fully saturated rings. The fourth-order valence-corrected chi connectivity index (χ4v) is 4.17. The van der Waals surface area contributed by atoms with Crippen molar-refractivity contribution in [1.29, 1.82) is 0 Å². The lowest BCUT2D eigenvalue weighted by atomic mass is 9.96. The van der Waals surface area contributed by atoms with E-state index in [-0.39, 0.29) is 23.6 Å². The van der Waals surface area contributed by atoms with Crippen LogP contribution in [0.4, 0.5) is 0 Å². The number of aryl methyl sites for hydroxylation is 1. The van der Waals surface area contributed by atoms with E-state index in [9.17, 15) is 9.59 Å². The Labute approximate surface area is 199 Å². The summed E-state index contributed by atoms with van der Waals surface area (Å²) in [4.78, 5) is 27.3. The van der Waals surface area contributed by atoms with Crippen molar-refractivity contribution >= 4 is 29.2 Å². The van der Waals surface area contributed by atoms with Gasteiger partial charge < -0.3 is 15.4 Å². The van der Waals surface area contributed by atoms with Gasteiger partial charge in [0.15, 0.2) is 0 Å². The van der Waals surface area contributed by atoms with Crippen LogP contribution in [0.2, 0.25) is 0 Å². The molecule has 2 aromatic carbocycles. The molecule has 0 unspecified atom stereocenters. The molecule has 0 aliphatic rings. The molecule has 2 N–H and O–H groups in total. The van der Waals surface area contributed by atoms with Crippen molar-refractivity contribution in [2.75, 3.05) is 7.11 Å². The second-order valence-corrected chi connectivity index (χ2v) is 9.25. The number of hydrogen-bond donors (Lipinski definition) is 2. The Morgan fingerprint density at radius 2 is 1.76 bits per heavy atom. The molecule has 1 aromatic heterocycles. The molecule has 3 aromatic rings. The van der Waals surface area contributed by atoms with Gasteiger partial charge in [0.05, 0.1) is 13.2 Å². The van der Waals surface area contributed by atoms with Crippen LogP contribution in [-0.2, 0) is 4.79 Å². The van der Waals surface area contributed by atoms with Crippen molar-refractivity contribution in [3.05, 3.63) is 93.3 Å². The summed E-state index contributed by atoms with van der Waals surface area (Å²) in [7, 11) is 1.63. The summed E-state index contributed by atoms with van der Waals surface area (Å²) in [6.07, 6.45) is 2.48. The van der Waals surface area contributed by atoms with E-state index >= 15 is 0 Å². The Kier molecular flexibility index (Phi) is 8.44. The summed E-state index contributed by atoms with van der Waals surface area (Å²) >= 11 is 1.50. The molecule has 0 aliphatic carbocycles. The summed E-state index contributed by atoms with van der Waals surface area (Å²) in [5.74, 6) is 0.489. The van der Waals surface area contributed by atoms with Crippen molar-refractivity contribution in [1.82, 2.24) is 10.6 Å². The number of nitrogens with one attached hydrogen (secondary N) is 2. The molecule has 5 nitrogen and oxygen atoms in total. The molecule has 2 amide bonds. The summed E-state index contributed by atoms with van der Waals surface area (Å²) in [5, 5.41) is 7.90. The van der Waals surface area contributed by atoms with Crippen molar-refractivity contribution in [3.8, 4) is 5.75 Å². The Balaban J connectivity index is 1.87. The van der Waals surface area contributed by atoms with Gasteiger partial charge in [-0.25, -0.2) is 0 Å². The fourth-order valence-electron chi connectivity index (χ4n) is 3.51. The molecule has 0 radical (unpaired) electrons. The first-order chi connectivity index (χ1) is 15.9. The number of amides is 2. The minimum atomic E-state index is -0.327. The van der Waals surface area contributed by atoms with E-state index in [1.54, 1.807) is 19.3 Å². The summed E-state index contributed by atoms with van der Waals surface area (Å²) in [6.45, 7) is 6.11. The van der Waals surface area contributed by atoms with Crippen LogP contribution in [0.1, 0.15) is 52.7 Å². The lowest BCUT2D eigenvalue weighted by Crippen LogP contribution is -2.37. The van der Waals surface area contributed by atoms with Gasteiger partial charge >= 0.3 is 0 Å². The van der Waals surface area contributed by atoms with Gasteiger partial charge in [-0.05, 0) is 66.1 Å². The van der Waals surface area contributed by atoms with Crippen molar-refractivity contribution in [2.45, 2.75) is 33.2 Å². The zero-order valence-corrected chi connectivity index (χ0v) is 20.2. The minimum Gasteiger partial charge on any atom is -0.497 e. The number of ether oxygens (including phenoxy) is 1. The lowest BCUT2D eigenvalue weighted by molar-refractivity contribution is -0.118. The highest BCUT2D eigenvalue weighted by molar-refractivity contribution is 7.10. The third kappa shape index (κ3) is 6.80. The maximum absolute atomic E-state index is 13.4. The first-order valence-corrected chi connectivity index (χ1v) is 11.8. The quantitative estimate of drug-likeness (QED) is 0.399. The number of benzene rings is 2. The average molecular weight is 463 g/mol.